The van der Waals surface area contributed by atoms with E-state index >= 15 is 0 Å². The van der Waals surface area contributed by atoms with Crippen LogP contribution < -0.4 is 24.8 Å². The molecule has 0 radical (unpaired) electrons. The first-order valence-electron chi connectivity index (χ1n) is 19.3. The predicted octanol–water partition coefficient (Wildman–Crippen LogP) is 3.65. The number of aryl methyl sites for hydroxylation is 2. The maximum absolute atomic E-state index is 14.5. The number of nitrogens with one attached hydrogen (secondary N) is 3. The summed E-state index contributed by atoms with van der Waals surface area (Å²) in [6, 6.07) is 3.49. The van der Waals surface area contributed by atoms with Crippen molar-refractivity contribution >= 4 is 44.7 Å². The highest BCUT2D eigenvalue weighted by molar-refractivity contribution is 7.91. The molecule has 2 aromatic rings. The molecule has 55 heavy (non-hydrogen) atoms. The van der Waals surface area contributed by atoms with E-state index in [2.05, 4.69) is 15.4 Å². The molecule has 3 aliphatic heterocycles. The van der Waals surface area contributed by atoms with Gasteiger partial charge in [0.05, 0.1) is 29.1 Å². The van der Waals surface area contributed by atoms with Crippen molar-refractivity contribution < 1.29 is 46.9 Å². The SMILES string of the molecule is COCCCOc1ccc2nc(C)c3c(c2c1)CC[C@]1(C[C@H]2C(=O)N[C@]4(C(=O)NS(=O)(=O)C5(C)CC5)C[C@H]4C=CCCCCC[C@H](NC(=O)O)C(=O)N2C1)O3. The van der Waals surface area contributed by atoms with Crippen molar-refractivity contribution in [2.45, 2.75) is 119 Å². The summed E-state index contributed by atoms with van der Waals surface area (Å²) in [7, 11) is -2.35. The van der Waals surface area contributed by atoms with Gasteiger partial charge < -0.3 is 34.9 Å². The highest BCUT2D eigenvalue weighted by Gasteiger charge is 2.64. The molecule has 4 amide bonds. The van der Waals surface area contributed by atoms with Gasteiger partial charge >= 0.3 is 6.09 Å². The van der Waals surface area contributed by atoms with Crippen LogP contribution in [0.4, 0.5) is 4.79 Å². The third-order valence-electron chi connectivity index (χ3n) is 12.0. The second-order valence-corrected chi connectivity index (χ2v) is 18.3. The summed E-state index contributed by atoms with van der Waals surface area (Å²) < 4.78 is 45.5. The standard InChI is InChI=1S/C39H51N5O10S/c1-24-32-27(28-20-26(12-13-29(28)40-24)53-19-9-18-52-3)14-15-38(54-32)22-31-33(45)42-39(35(47)43-55(50,51)37(2)16-17-37)21-25(39)10-7-5-4-6-8-11-30(41-36(48)49)34(46)44(31)23-38/h7,10,12-13,20,25,30-31,41H,4-6,8-9,11,14-19,21-23H2,1-3H3,(H,42,45)(H,43,47)(H,48,49)/t25-,30+,31+,38-,39-/m1/s1. The quantitative estimate of drug-likeness (QED) is 0.214. The topological polar surface area (TPSA) is 203 Å². The molecule has 2 saturated carbocycles. The lowest BCUT2D eigenvalue weighted by Gasteiger charge is -2.36. The number of ether oxygens (including phenoxy) is 3. The molecule has 7 rings (SSSR count). The molecular weight excluding hydrogens is 731 g/mol. The second-order valence-electron chi connectivity index (χ2n) is 16.1. The van der Waals surface area contributed by atoms with Crippen molar-refractivity contribution in [2.24, 2.45) is 5.92 Å². The first-order chi connectivity index (χ1) is 26.2. The van der Waals surface area contributed by atoms with E-state index in [1.165, 1.54) is 4.90 Å². The molecule has 1 saturated heterocycles. The fraction of sp³-hybridized carbons (Fsp3) is 0.615. The minimum atomic E-state index is -4.00. The number of pyridine rings is 1. The minimum absolute atomic E-state index is 0.00342. The predicted molar refractivity (Wildman–Crippen MR) is 201 cm³/mol. The number of allylic oxidation sites excluding steroid dienone is 1. The van der Waals surface area contributed by atoms with Crippen LogP contribution in [0, 0.1) is 12.8 Å². The summed E-state index contributed by atoms with van der Waals surface area (Å²) in [6.45, 7) is 4.50. The van der Waals surface area contributed by atoms with Gasteiger partial charge in [-0.05, 0) is 83.4 Å². The maximum atomic E-state index is 14.5. The van der Waals surface area contributed by atoms with Gasteiger partial charge in [-0.15, -0.1) is 0 Å². The number of aromatic nitrogens is 1. The van der Waals surface area contributed by atoms with Gasteiger partial charge in [0.1, 0.15) is 34.7 Å². The number of benzene rings is 1. The van der Waals surface area contributed by atoms with Crippen molar-refractivity contribution in [1.29, 1.82) is 0 Å². The van der Waals surface area contributed by atoms with E-state index in [0.717, 1.165) is 35.7 Å². The lowest BCUT2D eigenvalue weighted by atomic mass is 9.87. The van der Waals surface area contributed by atoms with Crippen LogP contribution in [0.1, 0.15) is 88.8 Å². The number of hydrogen-bond donors (Lipinski definition) is 4. The fourth-order valence-electron chi connectivity index (χ4n) is 8.30. The Morgan fingerprint density at radius 1 is 1.13 bits per heavy atom. The molecule has 4 N–H and O–H groups in total. The van der Waals surface area contributed by atoms with Crippen molar-refractivity contribution in [3.05, 3.63) is 41.6 Å². The highest BCUT2D eigenvalue weighted by atomic mass is 32.2. The van der Waals surface area contributed by atoms with Gasteiger partial charge in [0.25, 0.3) is 5.91 Å². The van der Waals surface area contributed by atoms with Gasteiger partial charge in [0, 0.05) is 43.4 Å². The lowest BCUT2D eigenvalue weighted by Crippen LogP contribution is -2.58. The number of sulfonamides is 1. The summed E-state index contributed by atoms with van der Waals surface area (Å²) in [4.78, 5) is 60.9. The Morgan fingerprint density at radius 3 is 2.67 bits per heavy atom. The first kappa shape index (κ1) is 38.8. The summed E-state index contributed by atoms with van der Waals surface area (Å²) in [6.07, 6.45) is 8.28. The summed E-state index contributed by atoms with van der Waals surface area (Å²) in [5.41, 5.74) is -0.186. The Kier molecular flexibility index (Phi) is 10.5. The smallest absolute Gasteiger partial charge is 0.405 e. The number of methoxy groups -OCH3 is 1. The monoisotopic (exact) mass is 781 g/mol. The molecular formula is C39H51N5O10S. The Labute approximate surface area is 321 Å². The van der Waals surface area contributed by atoms with Crippen molar-refractivity contribution in [3.63, 3.8) is 0 Å². The molecule has 0 unspecified atom stereocenters. The zero-order valence-corrected chi connectivity index (χ0v) is 32.5. The van der Waals surface area contributed by atoms with E-state index in [-0.39, 0.29) is 25.8 Å². The summed E-state index contributed by atoms with van der Waals surface area (Å²) in [5, 5.41) is 15.9. The number of rotatable bonds is 9. The number of fused-ring (bicyclic) bond motifs is 5. The van der Waals surface area contributed by atoms with Gasteiger partial charge in [-0.3, -0.25) is 19.1 Å². The molecule has 15 nitrogen and oxygen atoms in total. The van der Waals surface area contributed by atoms with E-state index in [9.17, 15) is 32.7 Å². The Bertz CT molecular complexity index is 2020. The van der Waals surface area contributed by atoms with Crippen LogP contribution >= 0.6 is 0 Å². The number of carbonyl (C=O) groups excluding carboxylic acids is 3. The highest BCUT2D eigenvalue weighted by Crippen LogP contribution is 2.49. The van der Waals surface area contributed by atoms with Crippen LogP contribution in [0.25, 0.3) is 10.9 Å². The van der Waals surface area contributed by atoms with Gasteiger partial charge in [-0.2, -0.15) is 0 Å². The number of carbonyl (C=O) groups is 4. The molecule has 1 spiro atoms. The average molecular weight is 782 g/mol. The molecule has 0 bridgehead atoms. The second kappa shape index (κ2) is 14.9. The van der Waals surface area contributed by atoms with Gasteiger partial charge in [0.2, 0.25) is 21.8 Å². The molecule has 298 valence electrons. The maximum Gasteiger partial charge on any atom is 0.405 e. The van der Waals surface area contributed by atoms with Crippen LogP contribution in [0.5, 0.6) is 11.5 Å². The van der Waals surface area contributed by atoms with E-state index in [4.69, 9.17) is 19.2 Å². The number of carboxylic acid groups (broad SMARTS) is 1. The van der Waals surface area contributed by atoms with Crippen LogP contribution in [-0.2, 0) is 35.6 Å². The normalized spacial score (nSPS) is 28.8. The number of amides is 4. The van der Waals surface area contributed by atoms with Crippen molar-refractivity contribution in [1.82, 2.24) is 25.2 Å². The fourth-order valence-corrected chi connectivity index (χ4v) is 9.61. The summed E-state index contributed by atoms with van der Waals surface area (Å²) in [5.74, 6) is -1.18. The zero-order valence-electron chi connectivity index (χ0n) is 31.6. The molecule has 1 aromatic carbocycles. The van der Waals surface area contributed by atoms with Crippen LogP contribution in [0.15, 0.2) is 30.4 Å². The average Bonchev–Trinajstić information content (AvgIpc) is 4.03. The van der Waals surface area contributed by atoms with Gasteiger partial charge in [-0.25, -0.2) is 18.2 Å². The largest absolute Gasteiger partial charge is 0.493 e. The van der Waals surface area contributed by atoms with Crippen LogP contribution in [-0.4, -0.2) is 102 Å². The summed E-state index contributed by atoms with van der Waals surface area (Å²) >= 11 is 0. The third kappa shape index (κ3) is 7.71. The lowest BCUT2D eigenvalue weighted by molar-refractivity contribution is -0.141. The molecule has 2 aliphatic carbocycles. The van der Waals surface area contributed by atoms with Crippen LogP contribution in [0.3, 0.4) is 0 Å². The van der Waals surface area contributed by atoms with Gasteiger partial charge in [0.15, 0.2) is 0 Å². The van der Waals surface area contributed by atoms with E-state index < -0.39 is 67.7 Å². The van der Waals surface area contributed by atoms with Gasteiger partial charge in [-0.1, -0.05) is 25.0 Å². The van der Waals surface area contributed by atoms with Crippen LogP contribution in [0.2, 0.25) is 0 Å². The van der Waals surface area contributed by atoms with E-state index in [0.29, 0.717) is 68.9 Å². The molecule has 1 aromatic heterocycles. The Hall–Kier alpha value is -4.44. The van der Waals surface area contributed by atoms with Crippen molar-refractivity contribution in [2.75, 3.05) is 26.9 Å². The molecule has 5 atom stereocenters. The van der Waals surface area contributed by atoms with Crippen molar-refractivity contribution in [3.8, 4) is 11.5 Å². The Balaban J connectivity index is 1.21. The third-order valence-corrected chi connectivity index (χ3v) is 14.2. The Morgan fingerprint density at radius 2 is 1.93 bits per heavy atom. The van der Waals surface area contributed by atoms with E-state index in [1.54, 1.807) is 14.0 Å². The number of nitrogens with zero attached hydrogens (tertiary/aromatic N) is 2. The molecule has 5 aliphatic rings. The van der Waals surface area contributed by atoms with E-state index in [1.807, 2.05) is 37.3 Å². The molecule has 16 heteroatoms. The minimum Gasteiger partial charge on any atom is -0.493 e. The first-order valence-corrected chi connectivity index (χ1v) is 20.8. The number of hydrogen-bond acceptors (Lipinski definition) is 10. The zero-order chi connectivity index (χ0) is 39.2. The molecule has 3 fully saturated rings. The molecule has 4 heterocycles.